The molecule has 4 heterocycles. The molecule has 1 amide bonds. The normalized spacial score (nSPS) is 14.2. The number of carbonyl (C=O) groups is 1. The number of halogens is 1. The number of rotatable bonds is 6. The van der Waals surface area contributed by atoms with Gasteiger partial charge in [-0.15, -0.1) is 0 Å². The molecule has 10 heteroatoms. The van der Waals surface area contributed by atoms with Crippen molar-refractivity contribution in [3.8, 4) is 22.4 Å². The molecule has 0 unspecified atom stereocenters. The van der Waals surface area contributed by atoms with E-state index in [2.05, 4.69) is 30.2 Å². The van der Waals surface area contributed by atoms with Crippen molar-refractivity contribution in [3.63, 3.8) is 0 Å². The van der Waals surface area contributed by atoms with Crippen LogP contribution in [0.15, 0.2) is 48.8 Å². The Bertz CT molecular complexity index is 1340. The highest BCUT2D eigenvalue weighted by Gasteiger charge is 2.17. The highest BCUT2D eigenvalue weighted by molar-refractivity contribution is 5.97. The molecule has 180 valence electrons. The summed E-state index contributed by atoms with van der Waals surface area (Å²) in [6.07, 6.45) is 2.71. The lowest BCUT2D eigenvalue weighted by Crippen LogP contribution is -2.35. The largest absolute Gasteiger partial charge is 0.450 e. The first kappa shape index (κ1) is 22.9. The molecule has 0 saturated carbocycles. The standard InChI is InChI=1S/C25H25FN6O3/c1-2-35-25(33)31-24-29-21-13-17(12-19(23(21)30-24)22-20(26)4-3-7-27-22)16-5-6-18(28-14-16)15-32-8-10-34-11-9-32/h3-7,12-14H,2,8-11,15H2,1H3,(H2,29,30,31,33). The number of nitrogens with zero attached hydrogens (tertiary/aromatic N) is 4. The van der Waals surface area contributed by atoms with Crippen molar-refractivity contribution >= 4 is 23.1 Å². The molecular weight excluding hydrogens is 451 g/mol. The molecule has 35 heavy (non-hydrogen) atoms. The van der Waals surface area contributed by atoms with Gasteiger partial charge in [-0.1, -0.05) is 6.07 Å². The smallest absolute Gasteiger partial charge is 0.413 e. The van der Waals surface area contributed by atoms with Crippen LogP contribution in [0.5, 0.6) is 0 Å². The molecule has 0 aliphatic carbocycles. The average molecular weight is 477 g/mol. The molecule has 5 rings (SSSR count). The SMILES string of the molecule is CCOC(=O)Nc1nc2cc(-c3ccc(CN4CCOCC4)nc3)cc(-c3ncccc3F)c2[nH]1. The second-order valence-corrected chi connectivity index (χ2v) is 8.11. The Kier molecular flexibility index (Phi) is 6.64. The van der Waals surface area contributed by atoms with Crippen LogP contribution in [0, 0.1) is 5.82 Å². The van der Waals surface area contributed by atoms with Gasteiger partial charge in [0.25, 0.3) is 0 Å². The van der Waals surface area contributed by atoms with Crippen LogP contribution in [-0.4, -0.2) is 63.8 Å². The molecule has 2 N–H and O–H groups in total. The lowest BCUT2D eigenvalue weighted by atomic mass is 10.0. The fourth-order valence-electron chi connectivity index (χ4n) is 4.05. The number of hydrogen-bond acceptors (Lipinski definition) is 7. The van der Waals surface area contributed by atoms with E-state index in [1.807, 2.05) is 24.3 Å². The van der Waals surface area contributed by atoms with Gasteiger partial charge in [0.1, 0.15) is 11.5 Å². The summed E-state index contributed by atoms with van der Waals surface area (Å²) in [4.78, 5) is 30.6. The summed E-state index contributed by atoms with van der Waals surface area (Å²) in [5.74, 6) is -0.258. The average Bonchev–Trinajstić information content (AvgIpc) is 3.27. The summed E-state index contributed by atoms with van der Waals surface area (Å²) in [5, 5.41) is 2.56. The summed E-state index contributed by atoms with van der Waals surface area (Å²) in [7, 11) is 0. The van der Waals surface area contributed by atoms with Crippen LogP contribution in [0.4, 0.5) is 15.1 Å². The van der Waals surface area contributed by atoms with Crippen molar-refractivity contribution in [2.45, 2.75) is 13.5 Å². The molecular formula is C25H25FN6O3. The Balaban J connectivity index is 1.51. The summed E-state index contributed by atoms with van der Waals surface area (Å²) in [6, 6.07) is 10.6. The number of nitrogens with one attached hydrogen (secondary N) is 2. The molecule has 9 nitrogen and oxygen atoms in total. The van der Waals surface area contributed by atoms with Crippen molar-refractivity contribution in [2.24, 2.45) is 0 Å². The lowest BCUT2D eigenvalue weighted by molar-refractivity contribution is 0.0336. The van der Waals surface area contributed by atoms with Crippen molar-refractivity contribution in [2.75, 3.05) is 38.2 Å². The highest BCUT2D eigenvalue weighted by Crippen LogP contribution is 2.34. The molecule has 1 saturated heterocycles. The van der Waals surface area contributed by atoms with Crippen LogP contribution >= 0.6 is 0 Å². The number of aromatic nitrogens is 4. The monoisotopic (exact) mass is 476 g/mol. The van der Waals surface area contributed by atoms with E-state index in [4.69, 9.17) is 9.47 Å². The van der Waals surface area contributed by atoms with E-state index in [0.717, 1.165) is 49.7 Å². The number of ether oxygens (including phenoxy) is 2. The quantitative estimate of drug-likeness (QED) is 0.429. The summed E-state index contributed by atoms with van der Waals surface area (Å²) >= 11 is 0. The van der Waals surface area contributed by atoms with Crippen LogP contribution < -0.4 is 5.32 Å². The number of carbonyl (C=O) groups excluding carboxylic acids is 1. The maximum absolute atomic E-state index is 14.7. The molecule has 1 aromatic carbocycles. The summed E-state index contributed by atoms with van der Waals surface area (Å²) in [6.45, 7) is 5.96. The lowest BCUT2D eigenvalue weighted by Gasteiger charge is -2.26. The zero-order valence-electron chi connectivity index (χ0n) is 19.3. The minimum absolute atomic E-state index is 0.183. The van der Waals surface area contributed by atoms with E-state index in [1.165, 1.54) is 18.3 Å². The third kappa shape index (κ3) is 5.13. The van der Waals surface area contributed by atoms with E-state index in [1.54, 1.807) is 13.1 Å². The number of anilines is 1. The zero-order chi connectivity index (χ0) is 24.2. The number of morpholine rings is 1. The van der Waals surface area contributed by atoms with Gasteiger partial charge in [0.05, 0.1) is 36.5 Å². The topological polar surface area (TPSA) is 105 Å². The van der Waals surface area contributed by atoms with Gasteiger partial charge < -0.3 is 14.5 Å². The van der Waals surface area contributed by atoms with Gasteiger partial charge in [-0.3, -0.25) is 20.2 Å². The number of pyridine rings is 2. The maximum Gasteiger partial charge on any atom is 0.413 e. The molecule has 1 aliphatic rings. The van der Waals surface area contributed by atoms with Gasteiger partial charge >= 0.3 is 6.09 Å². The van der Waals surface area contributed by atoms with E-state index < -0.39 is 11.9 Å². The van der Waals surface area contributed by atoms with E-state index in [9.17, 15) is 9.18 Å². The molecule has 0 bridgehead atoms. The second-order valence-electron chi connectivity index (χ2n) is 8.11. The van der Waals surface area contributed by atoms with Crippen LogP contribution in [0.3, 0.4) is 0 Å². The van der Waals surface area contributed by atoms with Gasteiger partial charge in [0.15, 0.2) is 0 Å². The van der Waals surface area contributed by atoms with Crippen LogP contribution in [0.1, 0.15) is 12.6 Å². The van der Waals surface area contributed by atoms with Crippen molar-refractivity contribution in [3.05, 3.63) is 60.3 Å². The number of fused-ring (bicyclic) bond motifs is 1. The van der Waals surface area contributed by atoms with Gasteiger partial charge in [0.2, 0.25) is 5.95 Å². The van der Waals surface area contributed by atoms with Crippen LogP contribution in [-0.2, 0) is 16.0 Å². The first-order valence-electron chi connectivity index (χ1n) is 11.4. The minimum atomic E-state index is -0.627. The Morgan fingerprint density at radius 2 is 2.06 bits per heavy atom. The van der Waals surface area contributed by atoms with Crippen LogP contribution in [0.2, 0.25) is 0 Å². The number of benzene rings is 1. The first-order chi connectivity index (χ1) is 17.1. The van der Waals surface area contributed by atoms with Gasteiger partial charge in [-0.25, -0.2) is 14.2 Å². The first-order valence-corrected chi connectivity index (χ1v) is 11.4. The van der Waals surface area contributed by atoms with Crippen molar-refractivity contribution in [1.82, 2.24) is 24.8 Å². The predicted octanol–water partition coefficient (Wildman–Crippen LogP) is 4.23. The Morgan fingerprint density at radius 3 is 2.80 bits per heavy atom. The fraction of sp³-hybridized carbons (Fsp3) is 0.280. The molecule has 1 fully saturated rings. The summed E-state index contributed by atoms with van der Waals surface area (Å²) < 4.78 is 25.1. The molecule has 1 aliphatic heterocycles. The molecule has 0 spiro atoms. The van der Waals surface area contributed by atoms with Gasteiger partial charge in [-0.05, 0) is 42.8 Å². The van der Waals surface area contributed by atoms with Gasteiger partial charge in [0, 0.05) is 43.2 Å². The minimum Gasteiger partial charge on any atom is -0.450 e. The Morgan fingerprint density at radius 1 is 1.20 bits per heavy atom. The fourth-order valence-corrected chi connectivity index (χ4v) is 4.05. The predicted molar refractivity (Wildman–Crippen MR) is 129 cm³/mol. The van der Waals surface area contributed by atoms with Crippen molar-refractivity contribution < 1.29 is 18.7 Å². The van der Waals surface area contributed by atoms with E-state index in [0.29, 0.717) is 16.6 Å². The molecule has 0 radical (unpaired) electrons. The number of aromatic amines is 1. The zero-order valence-corrected chi connectivity index (χ0v) is 19.3. The number of imidazole rings is 1. The van der Waals surface area contributed by atoms with Crippen molar-refractivity contribution in [1.29, 1.82) is 0 Å². The highest BCUT2D eigenvalue weighted by atomic mass is 19.1. The Labute approximate surface area is 201 Å². The van der Waals surface area contributed by atoms with Gasteiger partial charge in [-0.2, -0.15) is 0 Å². The van der Waals surface area contributed by atoms with Crippen LogP contribution in [0.25, 0.3) is 33.4 Å². The molecule has 4 aromatic rings. The number of hydrogen-bond donors (Lipinski definition) is 2. The summed E-state index contributed by atoms with van der Waals surface area (Å²) in [5.41, 5.74) is 4.44. The third-order valence-corrected chi connectivity index (χ3v) is 5.75. The molecule has 3 aromatic heterocycles. The maximum atomic E-state index is 14.7. The Hall–Kier alpha value is -3.89. The molecule has 0 atom stereocenters. The number of amides is 1. The number of H-pyrrole nitrogens is 1. The second kappa shape index (κ2) is 10.2. The van der Waals surface area contributed by atoms with E-state index >= 15 is 0 Å². The van der Waals surface area contributed by atoms with E-state index in [-0.39, 0.29) is 18.2 Å². The third-order valence-electron chi connectivity index (χ3n) is 5.75.